The van der Waals surface area contributed by atoms with Crippen LogP contribution in [0.4, 0.5) is 18.0 Å². The van der Waals surface area contributed by atoms with Crippen LogP contribution in [0.2, 0.25) is 0 Å². The second kappa shape index (κ2) is 13.6. The maximum Gasteiger partial charge on any atom is 0.452 e. The molecule has 9 nitrogen and oxygen atoms in total. The van der Waals surface area contributed by atoms with Crippen molar-refractivity contribution < 1.29 is 37.1 Å². The molecular weight excluding hydrogens is 553 g/mol. The van der Waals surface area contributed by atoms with Gasteiger partial charge in [0.25, 0.3) is 5.78 Å². The molecule has 0 unspecified atom stereocenters. The monoisotopic (exact) mass is 586 g/mol. The lowest BCUT2D eigenvalue weighted by Gasteiger charge is -2.32. The lowest BCUT2D eigenvalue weighted by atomic mass is 10.0. The van der Waals surface area contributed by atoms with Gasteiger partial charge in [0.2, 0.25) is 11.8 Å². The molecule has 2 aromatic rings. The van der Waals surface area contributed by atoms with Gasteiger partial charge in [-0.3, -0.25) is 19.2 Å². The van der Waals surface area contributed by atoms with Crippen molar-refractivity contribution >= 4 is 29.4 Å². The van der Waals surface area contributed by atoms with E-state index in [1.54, 1.807) is 60.7 Å². The van der Waals surface area contributed by atoms with Crippen molar-refractivity contribution in [3.05, 3.63) is 71.8 Å². The third kappa shape index (κ3) is 7.95. The number of halogens is 3. The lowest BCUT2D eigenvalue weighted by molar-refractivity contribution is -0.173. The predicted octanol–water partition coefficient (Wildman–Crippen LogP) is 2.82. The average Bonchev–Trinajstić information content (AvgIpc) is 3.47. The molecule has 2 aromatic carbocycles. The molecule has 2 saturated heterocycles. The number of hydrogen-bond acceptors (Lipinski definition) is 5. The van der Waals surface area contributed by atoms with Gasteiger partial charge in [-0.2, -0.15) is 13.2 Å². The Morgan fingerprint density at radius 2 is 1.36 bits per heavy atom. The highest BCUT2D eigenvalue weighted by molar-refractivity contribution is 5.96. The Labute approximate surface area is 241 Å². The van der Waals surface area contributed by atoms with Crippen molar-refractivity contribution in [3.63, 3.8) is 0 Å². The summed E-state index contributed by atoms with van der Waals surface area (Å²) >= 11 is 0. The van der Waals surface area contributed by atoms with Crippen LogP contribution < -0.4 is 10.6 Å². The molecule has 224 valence electrons. The van der Waals surface area contributed by atoms with Gasteiger partial charge in [0.1, 0.15) is 23.9 Å². The molecule has 0 radical (unpaired) electrons. The summed E-state index contributed by atoms with van der Waals surface area (Å²) in [5, 5.41) is 5.00. The summed E-state index contributed by atoms with van der Waals surface area (Å²) in [5.41, 5.74) is 1.19. The summed E-state index contributed by atoms with van der Waals surface area (Å²) in [6.07, 6.45) is -4.36. The molecule has 2 heterocycles. The van der Waals surface area contributed by atoms with Gasteiger partial charge < -0.3 is 20.4 Å². The van der Waals surface area contributed by atoms with Crippen LogP contribution in [0.1, 0.15) is 36.8 Å². The fourth-order valence-corrected chi connectivity index (χ4v) is 5.28. The smallest absolute Gasteiger partial charge is 0.344 e. The van der Waals surface area contributed by atoms with Gasteiger partial charge in [-0.1, -0.05) is 60.7 Å². The van der Waals surface area contributed by atoms with Crippen LogP contribution in [0.25, 0.3) is 0 Å². The van der Waals surface area contributed by atoms with Gasteiger partial charge in [0.15, 0.2) is 0 Å². The first-order valence-electron chi connectivity index (χ1n) is 13.9. The second-order valence-electron chi connectivity index (χ2n) is 10.5. The normalized spacial score (nSPS) is 18.7. The molecule has 2 fully saturated rings. The van der Waals surface area contributed by atoms with E-state index >= 15 is 0 Å². The van der Waals surface area contributed by atoms with E-state index in [1.165, 1.54) is 9.80 Å². The number of carbonyl (C=O) groups excluding carboxylic acids is 5. The molecule has 12 heteroatoms. The van der Waals surface area contributed by atoms with Gasteiger partial charge in [-0.05, 0) is 24.0 Å². The molecule has 2 N–H and O–H groups in total. The van der Waals surface area contributed by atoms with Crippen LogP contribution >= 0.6 is 0 Å². The number of alkyl halides is 3. The Morgan fingerprint density at radius 1 is 0.810 bits per heavy atom. The minimum atomic E-state index is -5.16. The minimum Gasteiger partial charge on any atom is -0.344 e. The molecule has 0 aromatic heterocycles. The van der Waals surface area contributed by atoms with Gasteiger partial charge in [0, 0.05) is 45.3 Å². The van der Waals surface area contributed by atoms with Crippen LogP contribution in [0.3, 0.4) is 0 Å². The molecule has 0 aliphatic carbocycles. The van der Waals surface area contributed by atoms with Gasteiger partial charge in [0.05, 0.1) is 0 Å². The van der Waals surface area contributed by atoms with Crippen molar-refractivity contribution in [2.45, 2.75) is 62.8 Å². The number of nitrogens with zero attached hydrogens (tertiary/aromatic N) is 2. The SMILES string of the molecule is O=C1CCN(C(=O)N[C@@H](Cc2ccccc2)C(=O)N2CCC[C@H]2C(=O)N[C@@H](Cc2ccccc2)C(=O)C(F)(F)F)CC1. The van der Waals surface area contributed by atoms with E-state index in [1.807, 2.05) is 0 Å². The topological polar surface area (TPSA) is 116 Å². The summed E-state index contributed by atoms with van der Waals surface area (Å²) in [5.74, 6) is -3.44. The third-order valence-electron chi connectivity index (χ3n) is 7.52. The molecule has 0 spiro atoms. The molecule has 4 rings (SSSR count). The van der Waals surface area contributed by atoms with E-state index in [4.69, 9.17) is 0 Å². The first-order chi connectivity index (χ1) is 20.0. The number of nitrogens with one attached hydrogen (secondary N) is 2. The standard InChI is InChI=1S/C30H33F3N4O5/c31-30(32,33)26(39)23(18-20-8-3-1-4-9-20)34-27(40)25-12-7-15-37(25)28(41)24(19-21-10-5-2-6-11-21)35-29(42)36-16-13-22(38)14-17-36/h1-6,8-11,23-25H,7,12-19H2,(H,34,40)(H,35,42)/t23-,24-,25-/m0/s1. The highest BCUT2D eigenvalue weighted by Crippen LogP contribution is 2.23. The van der Waals surface area contributed by atoms with Crippen molar-refractivity contribution in [1.82, 2.24) is 20.4 Å². The number of benzene rings is 2. The summed E-state index contributed by atoms with van der Waals surface area (Å²) in [6, 6.07) is 12.4. The number of amides is 4. The summed E-state index contributed by atoms with van der Waals surface area (Å²) < 4.78 is 40.2. The molecule has 2 aliphatic rings. The number of urea groups is 1. The number of rotatable bonds is 9. The quantitative estimate of drug-likeness (QED) is 0.469. The zero-order valence-electron chi connectivity index (χ0n) is 22.9. The van der Waals surface area contributed by atoms with Crippen molar-refractivity contribution in [1.29, 1.82) is 0 Å². The molecule has 0 saturated carbocycles. The average molecular weight is 587 g/mol. The Balaban J connectivity index is 1.51. The zero-order valence-corrected chi connectivity index (χ0v) is 22.9. The summed E-state index contributed by atoms with van der Waals surface area (Å²) in [6.45, 7) is 0.607. The van der Waals surface area contributed by atoms with E-state index in [9.17, 15) is 37.1 Å². The van der Waals surface area contributed by atoms with E-state index in [-0.39, 0.29) is 57.5 Å². The highest BCUT2D eigenvalue weighted by atomic mass is 19.4. The van der Waals surface area contributed by atoms with Crippen molar-refractivity contribution in [2.75, 3.05) is 19.6 Å². The molecular formula is C30H33F3N4O5. The Bertz CT molecular complexity index is 1280. The summed E-state index contributed by atoms with van der Waals surface area (Å²) in [4.78, 5) is 66.8. The Kier molecular flexibility index (Phi) is 9.97. The largest absolute Gasteiger partial charge is 0.452 e. The minimum absolute atomic E-state index is 0.0523. The first kappa shape index (κ1) is 30.7. The number of Topliss-reactive ketones (excluding diaryl/α,β-unsaturated/α-hetero) is 2. The predicted molar refractivity (Wildman–Crippen MR) is 146 cm³/mol. The zero-order chi connectivity index (χ0) is 30.3. The van der Waals surface area contributed by atoms with E-state index in [2.05, 4.69) is 10.6 Å². The molecule has 3 atom stereocenters. The van der Waals surface area contributed by atoms with Gasteiger partial charge >= 0.3 is 12.2 Å². The maximum atomic E-state index is 13.8. The molecule has 4 amide bonds. The highest BCUT2D eigenvalue weighted by Gasteiger charge is 2.45. The molecule has 42 heavy (non-hydrogen) atoms. The fraction of sp³-hybridized carbons (Fsp3) is 0.433. The van der Waals surface area contributed by atoms with Crippen LogP contribution in [-0.4, -0.2) is 83.1 Å². The lowest BCUT2D eigenvalue weighted by Crippen LogP contribution is -2.58. The van der Waals surface area contributed by atoms with Crippen LogP contribution in [0.15, 0.2) is 60.7 Å². The maximum absolute atomic E-state index is 13.8. The van der Waals surface area contributed by atoms with Crippen molar-refractivity contribution in [3.8, 4) is 0 Å². The van der Waals surface area contributed by atoms with E-state index < -0.39 is 47.9 Å². The van der Waals surface area contributed by atoms with Crippen molar-refractivity contribution in [2.24, 2.45) is 0 Å². The number of likely N-dealkylation sites (tertiary alicyclic amines) is 2. The number of carbonyl (C=O) groups is 5. The molecule has 0 bridgehead atoms. The first-order valence-corrected chi connectivity index (χ1v) is 13.9. The van der Waals surface area contributed by atoms with Gasteiger partial charge in [-0.15, -0.1) is 0 Å². The number of hydrogen-bond donors (Lipinski definition) is 2. The van der Waals surface area contributed by atoms with Crippen LogP contribution in [0.5, 0.6) is 0 Å². The number of ketones is 2. The number of piperidine rings is 1. The van der Waals surface area contributed by atoms with E-state index in [0.29, 0.717) is 12.0 Å². The fourth-order valence-electron chi connectivity index (χ4n) is 5.28. The second-order valence-corrected chi connectivity index (χ2v) is 10.5. The summed E-state index contributed by atoms with van der Waals surface area (Å²) in [7, 11) is 0. The molecule has 2 aliphatic heterocycles. The Morgan fingerprint density at radius 3 is 1.90 bits per heavy atom. The van der Waals surface area contributed by atoms with Crippen LogP contribution in [0, 0.1) is 0 Å². The Hall–Kier alpha value is -4.22. The van der Waals surface area contributed by atoms with Crippen LogP contribution in [-0.2, 0) is 32.0 Å². The van der Waals surface area contributed by atoms with E-state index in [0.717, 1.165) is 5.56 Å². The third-order valence-corrected chi connectivity index (χ3v) is 7.52. The van der Waals surface area contributed by atoms with Gasteiger partial charge in [-0.25, -0.2) is 4.79 Å².